The van der Waals surface area contributed by atoms with Crippen molar-refractivity contribution in [1.29, 1.82) is 0 Å². The van der Waals surface area contributed by atoms with Crippen LogP contribution in [0.2, 0.25) is 0 Å². The molecule has 0 fully saturated rings. The summed E-state index contributed by atoms with van der Waals surface area (Å²) < 4.78 is 10.2. The van der Waals surface area contributed by atoms with Crippen molar-refractivity contribution in [3.05, 3.63) is 71.3 Å². The molecule has 2 aromatic rings. The molecule has 2 rings (SSSR count). The van der Waals surface area contributed by atoms with Gasteiger partial charge in [-0.1, -0.05) is 42.5 Å². The van der Waals surface area contributed by atoms with Gasteiger partial charge in [0.15, 0.2) is 6.61 Å². The van der Waals surface area contributed by atoms with Gasteiger partial charge in [-0.2, -0.15) is 0 Å². The fourth-order valence-electron chi connectivity index (χ4n) is 2.35. The van der Waals surface area contributed by atoms with E-state index in [1.54, 1.807) is 36.3 Å². The third-order valence-electron chi connectivity index (χ3n) is 3.83. The number of aliphatic hydroxyl groups is 1. The van der Waals surface area contributed by atoms with Crippen molar-refractivity contribution in [3.8, 4) is 0 Å². The molecule has 0 radical (unpaired) electrons. The average molecular weight is 357 g/mol. The Bertz CT molecular complexity index is 700. The molecule has 2 aromatic carbocycles. The lowest BCUT2D eigenvalue weighted by atomic mass is 10.1. The number of rotatable bonds is 9. The number of amides is 1. The highest BCUT2D eigenvalue weighted by atomic mass is 16.5. The van der Waals surface area contributed by atoms with E-state index < -0.39 is 5.97 Å². The van der Waals surface area contributed by atoms with E-state index in [1.165, 1.54) is 0 Å². The van der Waals surface area contributed by atoms with Gasteiger partial charge in [-0.25, -0.2) is 4.79 Å². The summed E-state index contributed by atoms with van der Waals surface area (Å²) in [6.07, 6.45) is 0. The largest absolute Gasteiger partial charge is 0.452 e. The monoisotopic (exact) mass is 357 g/mol. The van der Waals surface area contributed by atoms with Crippen LogP contribution in [0.15, 0.2) is 54.6 Å². The van der Waals surface area contributed by atoms with Crippen LogP contribution in [-0.4, -0.2) is 48.8 Å². The molecule has 0 spiro atoms. The number of nitrogens with zero attached hydrogens (tertiary/aromatic N) is 1. The van der Waals surface area contributed by atoms with Crippen molar-refractivity contribution in [2.24, 2.45) is 0 Å². The molecule has 0 aliphatic rings. The fourth-order valence-corrected chi connectivity index (χ4v) is 2.35. The van der Waals surface area contributed by atoms with Gasteiger partial charge >= 0.3 is 5.97 Å². The van der Waals surface area contributed by atoms with Crippen molar-refractivity contribution in [3.63, 3.8) is 0 Å². The van der Waals surface area contributed by atoms with Crippen LogP contribution in [0.1, 0.15) is 21.5 Å². The van der Waals surface area contributed by atoms with Gasteiger partial charge < -0.3 is 19.5 Å². The molecule has 0 saturated carbocycles. The molecule has 0 bridgehead atoms. The maximum atomic E-state index is 12.4. The highest BCUT2D eigenvalue weighted by Gasteiger charge is 2.17. The molecular formula is C20H23NO5. The highest BCUT2D eigenvalue weighted by Crippen LogP contribution is 2.08. The Balaban J connectivity index is 1.93. The zero-order chi connectivity index (χ0) is 18.8. The molecule has 6 heteroatoms. The first-order chi connectivity index (χ1) is 12.6. The Morgan fingerprint density at radius 2 is 1.69 bits per heavy atom. The van der Waals surface area contributed by atoms with Crippen molar-refractivity contribution in [2.75, 3.05) is 26.9 Å². The number of aliphatic hydroxyl groups excluding tert-OH is 1. The number of carbonyl (C=O) groups excluding carboxylic acids is 2. The number of carbonyl (C=O) groups is 2. The molecule has 26 heavy (non-hydrogen) atoms. The Morgan fingerprint density at radius 1 is 1.00 bits per heavy atom. The van der Waals surface area contributed by atoms with Gasteiger partial charge in [-0.05, 0) is 23.3 Å². The molecule has 1 amide bonds. The predicted molar refractivity (Wildman–Crippen MR) is 96.4 cm³/mol. The summed E-state index contributed by atoms with van der Waals surface area (Å²) in [5.74, 6) is -0.861. The second-order valence-corrected chi connectivity index (χ2v) is 5.72. The van der Waals surface area contributed by atoms with Crippen LogP contribution < -0.4 is 0 Å². The predicted octanol–water partition coefficient (Wildman–Crippen LogP) is 2.01. The Labute approximate surface area is 153 Å². The van der Waals surface area contributed by atoms with Crippen LogP contribution in [0.25, 0.3) is 0 Å². The number of ether oxygens (including phenoxy) is 2. The number of benzene rings is 2. The van der Waals surface area contributed by atoms with E-state index in [2.05, 4.69) is 0 Å². The lowest BCUT2D eigenvalue weighted by molar-refractivity contribution is -0.135. The molecule has 1 N–H and O–H groups in total. The highest BCUT2D eigenvalue weighted by molar-refractivity contribution is 5.91. The van der Waals surface area contributed by atoms with E-state index in [9.17, 15) is 9.59 Å². The van der Waals surface area contributed by atoms with Gasteiger partial charge in [0.1, 0.15) is 0 Å². The molecule has 0 heterocycles. The number of hydrogen-bond acceptors (Lipinski definition) is 5. The number of methoxy groups -OCH3 is 1. The quantitative estimate of drug-likeness (QED) is 0.695. The Morgan fingerprint density at radius 3 is 2.31 bits per heavy atom. The summed E-state index contributed by atoms with van der Waals surface area (Å²) in [6.45, 7) is 0.798. The second-order valence-electron chi connectivity index (χ2n) is 5.72. The van der Waals surface area contributed by atoms with Gasteiger partial charge in [0.05, 0.1) is 18.8 Å². The van der Waals surface area contributed by atoms with Crippen LogP contribution in [0.3, 0.4) is 0 Å². The summed E-state index contributed by atoms with van der Waals surface area (Å²) in [7, 11) is 1.57. The minimum atomic E-state index is -0.575. The van der Waals surface area contributed by atoms with Crippen LogP contribution >= 0.6 is 0 Å². The SMILES string of the molecule is COCCN(Cc1ccccc1)C(=O)COC(=O)c1ccc(CO)cc1. The summed E-state index contributed by atoms with van der Waals surface area (Å²) in [5, 5.41) is 9.02. The van der Waals surface area contributed by atoms with Crippen molar-refractivity contribution >= 4 is 11.9 Å². The normalized spacial score (nSPS) is 10.4. The molecule has 0 aliphatic carbocycles. The third kappa shape index (κ3) is 5.98. The van der Waals surface area contributed by atoms with Crippen molar-refractivity contribution in [1.82, 2.24) is 4.90 Å². The first-order valence-corrected chi connectivity index (χ1v) is 8.31. The number of esters is 1. The van der Waals surface area contributed by atoms with E-state index >= 15 is 0 Å². The minimum Gasteiger partial charge on any atom is -0.452 e. The number of hydrogen-bond donors (Lipinski definition) is 1. The van der Waals surface area contributed by atoms with Crippen LogP contribution in [0.4, 0.5) is 0 Å². The molecule has 0 saturated heterocycles. The van der Waals surface area contributed by atoms with E-state index in [1.807, 2.05) is 30.3 Å². The van der Waals surface area contributed by atoms with Gasteiger partial charge in [-0.3, -0.25) is 4.79 Å². The van der Waals surface area contributed by atoms with Gasteiger partial charge in [0.2, 0.25) is 0 Å². The van der Waals surface area contributed by atoms with Gasteiger partial charge in [0.25, 0.3) is 5.91 Å². The summed E-state index contributed by atoms with van der Waals surface area (Å²) in [5.41, 5.74) is 2.02. The zero-order valence-corrected chi connectivity index (χ0v) is 14.8. The molecular weight excluding hydrogens is 334 g/mol. The lowest BCUT2D eigenvalue weighted by Crippen LogP contribution is -2.36. The summed E-state index contributed by atoms with van der Waals surface area (Å²) in [4.78, 5) is 26.1. The lowest BCUT2D eigenvalue weighted by Gasteiger charge is -2.22. The van der Waals surface area contributed by atoms with E-state index in [4.69, 9.17) is 14.6 Å². The zero-order valence-electron chi connectivity index (χ0n) is 14.8. The smallest absolute Gasteiger partial charge is 0.338 e. The first-order valence-electron chi connectivity index (χ1n) is 8.31. The van der Waals surface area contributed by atoms with Gasteiger partial charge in [-0.15, -0.1) is 0 Å². The maximum Gasteiger partial charge on any atom is 0.338 e. The third-order valence-corrected chi connectivity index (χ3v) is 3.83. The molecule has 0 aromatic heterocycles. The molecule has 138 valence electrons. The van der Waals surface area contributed by atoms with E-state index in [-0.39, 0.29) is 19.1 Å². The summed E-state index contributed by atoms with van der Waals surface area (Å²) >= 11 is 0. The first kappa shape index (κ1) is 19.6. The molecule has 0 unspecified atom stereocenters. The molecule has 0 aliphatic heterocycles. The standard InChI is InChI=1S/C20H23NO5/c1-25-12-11-21(13-16-5-3-2-4-6-16)19(23)15-26-20(24)18-9-7-17(14-22)8-10-18/h2-10,22H,11-15H2,1H3. The topological polar surface area (TPSA) is 76.1 Å². The van der Waals surface area contributed by atoms with E-state index in [0.29, 0.717) is 30.8 Å². The van der Waals surface area contributed by atoms with Crippen LogP contribution in [0.5, 0.6) is 0 Å². The Kier molecular flexibility index (Phi) is 7.79. The van der Waals surface area contributed by atoms with Crippen molar-refractivity contribution in [2.45, 2.75) is 13.2 Å². The van der Waals surface area contributed by atoms with Crippen molar-refractivity contribution < 1.29 is 24.2 Å². The second kappa shape index (κ2) is 10.3. The molecule has 6 nitrogen and oxygen atoms in total. The van der Waals surface area contributed by atoms with Crippen LogP contribution in [0, 0.1) is 0 Å². The van der Waals surface area contributed by atoms with E-state index in [0.717, 1.165) is 5.56 Å². The fraction of sp³-hybridized carbons (Fsp3) is 0.300. The maximum absolute atomic E-state index is 12.4. The summed E-state index contributed by atoms with van der Waals surface area (Å²) in [6, 6.07) is 16.0. The average Bonchev–Trinajstić information content (AvgIpc) is 2.69. The molecule has 0 atom stereocenters. The Hall–Kier alpha value is -2.70. The van der Waals surface area contributed by atoms with Gasteiger partial charge in [0, 0.05) is 20.2 Å². The van der Waals surface area contributed by atoms with Crippen LogP contribution in [-0.2, 0) is 27.4 Å². The minimum absolute atomic E-state index is 0.0955.